The number of carbonyl (C=O) groups is 2. The van der Waals surface area contributed by atoms with Crippen molar-refractivity contribution in [2.45, 2.75) is 32.0 Å². The highest BCUT2D eigenvalue weighted by Crippen LogP contribution is 2.35. The lowest BCUT2D eigenvalue weighted by molar-refractivity contribution is -0.164. The van der Waals surface area contributed by atoms with Crippen molar-refractivity contribution >= 4 is 46.5 Å². The molecule has 0 aliphatic rings. The largest absolute Gasteiger partial charge is 0.410 e. The molecule has 2 heterocycles. The molecule has 0 saturated carbocycles. The lowest BCUT2D eigenvalue weighted by Crippen LogP contribution is -2.33. The van der Waals surface area contributed by atoms with Crippen molar-refractivity contribution in [1.82, 2.24) is 20.1 Å². The topological polar surface area (TPSA) is 153 Å². The lowest BCUT2D eigenvalue weighted by atomic mass is 10.0. The number of hydrogen-bond donors (Lipinski definition) is 3. The van der Waals surface area contributed by atoms with Crippen LogP contribution in [0.2, 0.25) is 10.0 Å². The average molecular weight is 566 g/mol. The third kappa shape index (κ3) is 6.07. The molecule has 0 fully saturated rings. The van der Waals surface area contributed by atoms with E-state index < -0.39 is 35.8 Å². The van der Waals surface area contributed by atoms with E-state index in [-0.39, 0.29) is 27.7 Å². The van der Waals surface area contributed by atoms with Crippen molar-refractivity contribution in [3.8, 4) is 17.5 Å². The number of hydrogen-bond acceptors (Lipinski definition) is 7. The van der Waals surface area contributed by atoms with E-state index in [2.05, 4.69) is 15.4 Å². The molecule has 1 aromatic carbocycles. The second kappa shape index (κ2) is 11.1. The number of pyridine rings is 1. The van der Waals surface area contributed by atoms with E-state index in [4.69, 9.17) is 34.7 Å². The number of nitrogens with one attached hydrogen (secondary N) is 1. The number of imide groups is 1. The molecule has 0 spiro atoms. The maximum absolute atomic E-state index is 13.2. The van der Waals surface area contributed by atoms with Gasteiger partial charge < -0.3 is 11.5 Å². The Hall–Kier alpha value is -4.08. The van der Waals surface area contributed by atoms with Crippen LogP contribution in [0.4, 0.5) is 19.0 Å². The van der Waals surface area contributed by atoms with Gasteiger partial charge in [0, 0.05) is 28.6 Å². The molecule has 3 rings (SSSR count). The molecular formula is C24H20Cl2F3N7O2. The normalized spacial score (nSPS) is 13.5. The molecule has 2 unspecified atom stereocenters. The first-order valence-corrected chi connectivity index (χ1v) is 11.6. The van der Waals surface area contributed by atoms with Gasteiger partial charge in [0.15, 0.2) is 0 Å². The third-order valence-corrected chi connectivity index (χ3v) is 6.15. The van der Waals surface area contributed by atoms with Crippen LogP contribution in [-0.4, -0.2) is 32.8 Å². The first-order chi connectivity index (χ1) is 17.7. The molecule has 5 N–H and O–H groups in total. The van der Waals surface area contributed by atoms with E-state index in [1.54, 1.807) is 12.1 Å². The van der Waals surface area contributed by atoms with Gasteiger partial charge >= 0.3 is 6.18 Å². The minimum Gasteiger partial charge on any atom is -0.398 e. The highest BCUT2D eigenvalue weighted by Gasteiger charge is 2.40. The van der Waals surface area contributed by atoms with Crippen LogP contribution in [0.15, 0.2) is 42.6 Å². The predicted molar refractivity (Wildman–Crippen MR) is 136 cm³/mol. The number of nitrogen functional groups attached to an aromatic ring is 1. The van der Waals surface area contributed by atoms with E-state index >= 15 is 0 Å². The molecule has 198 valence electrons. The fourth-order valence-corrected chi connectivity index (χ4v) is 3.85. The summed E-state index contributed by atoms with van der Waals surface area (Å²) in [5.74, 6) is -2.75. The molecule has 14 heteroatoms. The summed E-state index contributed by atoms with van der Waals surface area (Å²) < 4.78 is 40.0. The van der Waals surface area contributed by atoms with Crippen molar-refractivity contribution in [3.05, 3.63) is 69.3 Å². The molecule has 2 aromatic heterocycles. The van der Waals surface area contributed by atoms with Gasteiger partial charge in [0.1, 0.15) is 29.2 Å². The zero-order valence-corrected chi connectivity index (χ0v) is 21.4. The van der Waals surface area contributed by atoms with Crippen LogP contribution in [0.3, 0.4) is 0 Å². The Labute approximate surface area is 224 Å². The van der Waals surface area contributed by atoms with Gasteiger partial charge in [-0.2, -0.15) is 23.5 Å². The van der Waals surface area contributed by atoms with E-state index in [1.807, 2.05) is 0 Å². The predicted octanol–water partition coefficient (Wildman–Crippen LogP) is 4.58. The fraction of sp³-hybridized carbons (Fsp3) is 0.208. The van der Waals surface area contributed by atoms with E-state index in [0.29, 0.717) is 20.8 Å². The van der Waals surface area contributed by atoms with E-state index in [9.17, 15) is 28.0 Å². The van der Waals surface area contributed by atoms with E-state index in [0.717, 1.165) is 13.0 Å². The molecule has 0 aliphatic carbocycles. The van der Waals surface area contributed by atoms with Gasteiger partial charge in [0.25, 0.3) is 5.91 Å². The fourth-order valence-electron chi connectivity index (χ4n) is 3.33. The minimum absolute atomic E-state index is 0.0162. The maximum atomic E-state index is 13.2. The second-order valence-corrected chi connectivity index (χ2v) is 9.00. The number of benzene rings is 1. The zero-order valence-electron chi connectivity index (χ0n) is 19.8. The van der Waals surface area contributed by atoms with Gasteiger partial charge in [-0.05, 0) is 43.7 Å². The van der Waals surface area contributed by atoms with Crippen LogP contribution >= 0.6 is 23.2 Å². The highest BCUT2D eigenvalue weighted by atomic mass is 35.5. The number of carbonyl (C=O) groups excluding carboxylic acids is 2. The first-order valence-electron chi connectivity index (χ1n) is 10.8. The van der Waals surface area contributed by atoms with Crippen LogP contribution in [0.1, 0.15) is 42.5 Å². The van der Waals surface area contributed by atoms with E-state index in [1.165, 1.54) is 37.4 Å². The maximum Gasteiger partial charge on any atom is 0.410 e. The number of rotatable bonds is 6. The van der Waals surface area contributed by atoms with Crippen LogP contribution in [0.5, 0.6) is 0 Å². The van der Waals surface area contributed by atoms with Gasteiger partial charge in [-0.25, -0.2) is 4.68 Å². The molecule has 2 amide bonds. The minimum atomic E-state index is -4.64. The van der Waals surface area contributed by atoms with Crippen LogP contribution in [0.25, 0.3) is 17.1 Å². The molecule has 38 heavy (non-hydrogen) atoms. The van der Waals surface area contributed by atoms with Crippen molar-refractivity contribution in [2.24, 2.45) is 5.73 Å². The molecular weight excluding hydrogens is 546 g/mol. The Morgan fingerprint density at radius 3 is 2.45 bits per heavy atom. The molecule has 0 radical (unpaired) electrons. The number of aromatic nitrogens is 3. The molecule has 0 bridgehead atoms. The summed E-state index contributed by atoms with van der Waals surface area (Å²) in [6.07, 6.45) is -2.35. The van der Waals surface area contributed by atoms with Gasteiger partial charge in [-0.3, -0.25) is 19.9 Å². The average Bonchev–Trinajstić information content (AvgIpc) is 3.18. The Morgan fingerprint density at radius 1 is 1.21 bits per heavy atom. The summed E-state index contributed by atoms with van der Waals surface area (Å²) in [7, 11) is 0. The first kappa shape index (κ1) is 28.5. The Balaban J connectivity index is 1.77. The Bertz CT molecular complexity index is 1460. The smallest absolute Gasteiger partial charge is 0.398 e. The summed E-state index contributed by atoms with van der Waals surface area (Å²) in [6, 6.07) is 7.06. The molecule has 0 aliphatic heterocycles. The molecule has 0 saturated heterocycles. The van der Waals surface area contributed by atoms with Crippen LogP contribution in [0, 0.1) is 11.3 Å². The van der Waals surface area contributed by atoms with Crippen molar-refractivity contribution in [1.29, 1.82) is 5.26 Å². The Kier molecular flexibility index (Phi) is 8.34. The van der Waals surface area contributed by atoms with Crippen LogP contribution in [-0.2, 0) is 9.59 Å². The molecule has 3 aromatic rings. The number of nitrogens with zero attached hydrogens (tertiary/aromatic N) is 4. The van der Waals surface area contributed by atoms with Gasteiger partial charge in [0.2, 0.25) is 5.91 Å². The number of nitrogens with two attached hydrogens (primary N) is 2. The summed E-state index contributed by atoms with van der Waals surface area (Å²) in [5, 5.41) is 16.1. The quantitative estimate of drug-likeness (QED) is 0.370. The monoisotopic (exact) mass is 565 g/mol. The Morgan fingerprint density at radius 2 is 1.89 bits per heavy atom. The van der Waals surface area contributed by atoms with Crippen molar-refractivity contribution < 1.29 is 22.8 Å². The summed E-state index contributed by atoms with van der Waals surface area (Å²) in [6.45, 7) is 2.38. The van der Waals surface area contributed by atoms with Crippen LogP contribution < -0.4 is 16.8 Å². The second-order valence-electron chi connectivity index (χ2n) is 8.16. The number of nitriles is 1. The lowest BCUT2D eigenvalue weighted by Gasteiger charge is -2.16. The summed E-state index contributed by atoms with van der Waals surface area (Å²) in [5.41, 5.74) is 12.1. The zero-order chi connectivity index (χ0) is 28.4. The highest BCUT2D eigenvalue weighted by molar-refractivity contribution is 6.35. The number of anilines is 1. The number of halogens is 5. The SMILES string of the molecule is CC(C(=O)NC(=O)C=C(N)c1ccc(Cl)cc1Cl)c1ccc(-c2nn(C(C)C(F)(F)F)c(N)c2C#N)nc1. The number of alkyl halides is 3. The molecule has 2 atom stereocenters. The van der Waals surface area contributed by atoms with Gasteiger partial charge in [-0.15, -0.1) is 0 Å². The van der Waals surface area contributed by atoms with Gasteiger partial charge in [-0.1, -0.05) is 29.3 Å². The molecule has 9 nitrogen and oxygen atoms in total. The number of amides is 2. The standard InChI is InChI=1S/C24H20Cl2F3N7O2/c1-11(23(38)34-20(37)8-18(31)15-5-4-14(25)7-17(15)26)13-3-6-19(33-10-13)21-16(9-30)22(32)36(35-21)12(2)24(27,28)29/h3-8,10-12H,31-32H2,1-2H3,(H,34,37,38). The summed E-state index contributed by atoms with van der Waals surface area (Å²) in [4.78, 5) is 29.0. The third-order valence-electron chi connectivity index (χ3n) is 5.60. The summed E-state index contributed by atoms with van der Waals surface area (Å²) >= 11 is 11.9. The van der Waals surface area contributed by atoms with Crippen molar-refractivity contribution in [2.75, 3.05) is 5.73 Å². The van der Waals surface area contributed by atoms with Gasteiger partial charge in [0.05, 0.1) is 16.6 Å². The van der Waals surface area contributed by atoms with Crippen molar-refractivity contribution in [3.63, 3.8) is 0 Å².